The number of nitrogens with two attached hydrogens (primary N) is 1. The van der Waals surface area contributed by atoms with Crippen molar-refractivity contribution in [3.63, 3.8) is 0 Å². The van der Waals surface area contributed by atoms with Gasteiger partial charge in [-0.25, -0.2) is 4.39 Å². The average Bonchev–Trinajstić information content (AvgIpc) is 2.31. The molecule has 0 bridgehead atoms. The van der Waals surface area contributed by atoms with Gasteiger partial charge in [0.2, 0.25) is 0 Å². The molecule has 1 heterocycles. The molecule has 2 N–H and O–H groups in total. The lowest BCUT2D eigenvalue weighted by Crippen LogP contribution is -2.14. The Kier molecular flexibility index (Phi) is 4.35. The van der Waals surface area contributed by atoms with Crippen molar-refractivity contribution < 1.29 is 9.13 Å². The molecule has 0 amide bonds. The molecule has 2 aromatic rings. The minimum absolute atomic E-state index is 0.107. The van der Waals surface area contributed by atoms with E-state index in [0.717, 1.165) is 5.69 Å². The van der Waals surface area contributed by atoms with E-state index in [1.165, 1.54) is 12.1 Å². The molecule has 0 unspecified atom stereocenters. The molecule has 1 aromatic carbocycles. The van der Waals surface area contributed by atoms with Crippen molar-refractivity contribution in [1.82, 2.24) is 4.98 Å². The number of aromatic nitrogens is 1. The Morgan fingerprint density at radius 3 is 2.60 bits per heavy atom. The molecular weight excluding hydrogens is 343 g/mol. The van der Waals surface area contributed by atoms with Crippen LogP contribution in [0.15, 0.2) is 28.7 Å². The minimum Gasteiger partial charge on any atom is -0.453 e. The zero-order valence-electron chi connectivity index (χ0n) is 10.9. The minimum atomic E-state index is -0.472. The van der Waals surface area contributed by atoms with Crippen LogP contribution in [0.3, 0.4) is 0 Å². The monoisotopic (exact) mass is 354 g/mol. The molecule has 2 rings (SSSR count). The summed E-state index contributed by atoms with van der Waals surface area (Å²) in [4.78, 5) is 4.45. The second-order valence-electron chi connectivity index (χ2n) is 4.26. The van der Waals surface area contributed by atoms with Crippen molar-refractivity contribution >= 4 is 33.1 Å². The van der Waals surface area contributed by atoms with Crippen molar-refractivity contribution in [2.45, 2.75) is 13.8 Å². The van der Waals surface area contributed by atoms with E-state index in [2.05, 4.69) is 20.9 Å². The predicted octanol–water partition coefficient (Wildman–Crippen LogP) is 4.03. The molecule has 0 aliphatic carbocycles. The van der Waals surface area contributed by atoms with Gasteiger partial charge in [0.25, 0.3) is 0 Å². The summed E-state index contributed by atoms with van der Waals surface area (Å²) in [5.74, 6) is 0.0415. The topological polar surface area (TPSA) is 48.1 Å². The Bertz CT molecular complexity index is 691. The average molecular weight is 355 g/mol. The van der Waals surface area contributed by atoms with Crippen LogP contribution in [0.2, 0.25) is 0 Å². The summed E-state index contributed by atoms with van der Waals surface area (Å²) in [6.07, 6.45) is 0. The highest BCUT2D eigenvalue weighted by Gasteiger charge is 2.15. The lowest BCUT2D eigenvalue weighted by atomic mass is 10.1. The van der Waals surface area contributed by atoms with Gasteiger partial charge in [0.15, 0.2) is 11.6 Å². The number of hydrogen-bond donors (Lipinski definition) is 1. The fourth-order valence-electron chi connectivity index (χ4n) is 1.85. The number of thiocarbonyl (C=S) groups is 1. The van der Waals surface area contributed by atoms with Gasteiger partial charge in [-0.2, -0.15) is 0 Å². The third-order valence-electron chi connectivity index (χ3n) is 2.65. The molecule has 0 atom stereocenters. The van der Waals surface area contributed by atoms with E-state index in [-0.39, 0.29) is 10.7 Å². The molecule has 0 saturated carbocycles. The zero-order chi connectivity index (χ0) is 14.9. The summed E-state index contributed by atoms with van der Waals surface area (Å²) in [5, 5.41) is 0. The summed E-state index contributed by atoms with van der Waals surface area (Å²) < 4.78 is 20.1. The van der Waals surface area contributed by atoms with Crippen LogP contribution >= 0.6 is 28.1 Å². The number of ether oxygens (including phenoxy) is 1. The lowest BCUT2D eigenvalue weighted by Gasteiger charge is -2.13. The Hall–Kier alpha value is -1.53. The normalized spacial score (nSPS) is 10.4. The lowest BCUT2D eigenvalue weighted by molar-refractivity contribution is 0.440. The molecule has 0 radical (unpaired) electrons. The molecule has 104 valence electrons. The summed E-state index contributed by atoms with van der Waals surface area (Å²) in [7, 11) is 0. The van der Waals surface area contributed by atoms with Gasteiger partial charge >= 0.3 is 0 Å². The molecule has 3 nitrogen and oxygen atoms in total. The largest absolute Gasteiger partial charge is 0.453 e. The van der Waals surface area contributed by atoms with Crippen LogP contribution in [0.5, 0.6) is 11.5 Å². The first-order valence-corrected chi connectivity index (χ1v) is 6.99. The van der Waals surface area contributed by atoms with Crippen LogP contribution in [0.25, 0.3) is 0 Å². The van der Waals surface area contributed by atoms with Crippen molar-refractivity contribution in [2.75, 3.05) is 0 Å². The number of rotatable bonds is 3. The first kappa shape index (κ1) is 14.9. The van der Waals surface area contributed by atoms with Crippen LogP contribution in [0.4, 0.5) is 4.39 Å². The molecule has 0 saturated heterocycles. The number of halogens is 2. The molecule has 0 fully saturated rings. The van der Waals surface area contributed by atoms with E-state index in [1.54, 1.807) is 19.1 Å². The first-order chi connectivity index (χ1) is 9.38. The van der Waals surface area contributed by atoms with Gasteiger partial charge in [0, 0.05) is 16.2 Å². The second-order valence-corrected chi connectivity index (χ2v) is 5.62. The summed E-state index contributed by atoms with van der Waals surface area (Å²) in [6, 6.07) is 6.24. The van der Waals surface area contributed by atoms with Crippen LogP contribution in [0, 0.1) is 19.7 Å². The molecular formula is C14H12BrFN2OS. The fourth-order valence-corrected chi connectivity index (χ4v) is 2.43. The van der Waals surface area contributed by atoms with E-state index in [1.807, 2.05) is 6.92 Å². The van der Waals surface area contributed by atoms with Crippen molar-refractivity contribution in [1.29, 1.82) is 0 Å². The van der Waals surface area contributed by atoms with Gasteiger partial charge in [-0.3, -0.25) is 4.98 Å². The van der Waals surface area contributed by atoms with Crippen LogP contribution in [-0.4, -0.2) is 9.97 Å². The van der Waals surface area contributed by atoms with Gasteiger partial charge in [0.05, 0.1) is 11.3 Å². The number of nitrogens with zero attached hydrogens (tertiary/aromatic N) is 1. The molecule has 0 aliphatic heterocycles. The Morgan fingerprint density at radius 2 is 2.00 bits per heavy atom. The van der Waals surface area contributed by atoms with Gasteiger partial charge in [-0.1, -0.05) is 28.1 Å². The fraction of sp³-hybridized carbons (Fsp3) is 0.143. The summed E-state index contributed by atoms with van der Waals surface area (Å²) in [5.41, 5.74) is 7.62. The quantitative estimate of drug-likeness (QED) is 0.845. The predicted molar refractivity (Wildman–Crippen MR) is 83.8 cm³/mol. The van der Waals surface area contributed by atoms with E-state index in [9.17, 15) is 4.39 Å². The molecule has 6 heteroatoms. The van der Waals surface area contributed by atoms with Crippen molar-refractivity contribution in [3.05, 3.63) is 51.5 Å². The maximum atomic E-state index is 13.8. The first-order valence-electron chi connectivity index (χ1n) is 5.79. The van der Waals surface area contributed by atoms with Crippen LogP contribution in [0.1, 0.15) is 17.0 Å². The van der Waals surface area contributed by atoms with Gasteiger partial charge in [-0.15, -0.1) is 0 Å². The van der Waals surface area contributed by atoms with E-state index >= 15 is 0 Å². The highest BCUT2D eigenvalue weighted by Crippen LogP contribution is 2.30. The molecule has 1 aromatic heterocycles. The number of hydrogen-bond acceptors (Lipinski definition) is 3. The van der Waals surface area contributed by atoms with Crippen LogP contribution in [-0.2, 0) is 0 Å². The van der Waals surface area contributed by atoms with Gasteiger partial charge in [-0.05, 0) is 32.0 Å². The SMILES string of the molecule is Cc1cc(Oc2ccc(Br)cc2F)c(C(N)=S)c(C)n1. The smallest absolute Gasteiger partial charge is 0.166 e. The third kappa shape index (κ3) is 3.13. The molecule has 20 heavy (non-hydrogen) atoms. The number of benzene rings is 1. The summed E-state index contributed by atoms with van der Waals surface area (Å²) in [6.45, 7) is 3.60. The van der Waals surface area contributed by atoms with Crippen molar-refractivity contribution in [2.24, 2.45) is 5.73 Å². The molecule has 0 spiro atoms. The van der Waals surface area contributed by atoms with E-state index in [4.69, 9.17) is 22.7 Å². The maximum Gasteiger partial charge on any atom is 0.166 e. The Labute approximate surface area is 130 Å². The molecule has 0 aliphatic rings. The van der Waals surface area contributed by atoms with E-state index in [0.29, 0.717) is 21.5 Å². The highest BCUT2D eigenvalue weighted by molar-refractivity contribution is 9.10. The third-order valence-corrected chi connectivity index (χ3v) is 3.35. The van der Waals surface area contributed by atoms with E-state index < -0.39 is 5.82 Å². The number of pyridine rings is 1. The van der Waals surface area contributed by atoms with Gasteiger partial charge < -0.3 is 10.5 Å². The standard InChI is InChI=1S/C14H12BrFN2OS/c1-7-5-12(13(14(17)20)8(2)18-7)19-11-4-3-9(15)6-10(11)16/h3-6H,1-2H3,(H2,17,20). The summed E-state index contributed by atoms with van der Waals surface area (Å²) >= 11 is 8.20. The number of aryl methyl sites for hydroxylation is 2. The highest BCUT2D eigenvalue weighted by atomic mass is 79.9. The maximum absolute atomic E-state index is 13.8. The Morgan fingerprint density at radius 1 is 1.30 bits per heavy atom. The van der Waals surface area contributed by atoms with Crippen LogP contribution < -0.4 is 10.5 Å². The van der Waals surface area contributed by atoms with Gasteiger partial charge in [0.1, 0.15) is 10.7 Å². The Balaban J connectivity index is 2.50. The second kappa shape index (κ2) is 5.85. The zero-order valence-corrected chi connectivity index (χ0v) is 13.3. The van der Waals surface area contributed by atoms with Crippen molar-refractivity contribution in [3.8, 4) is 11.5 Å².